The Morgan fingerprint density at radius 3 is 2.53 bits per heavy atom. The van der Waals surface area contributed by atoms with Crippen LogP contribution in [-0.2, 0) is 4.79 Å². The zero-order valence-corrected chi connectivity index (χ0v) is 23.5. The largest absolute Gasteiger partial charge is 0.459 e. The van der Waals surface area contributed by atoms with Crippen LogP contribution in [0.15, 0.2) is 77.3 Å². The highest BCUT2D eigenvalue weighted by molar-refractivity contribution is 7.80. The smallest absolute Gasteiger partial charge is 0.226 e. The zero-order chi connectivity index (χ0) is 27.0. The molecule has 2 atom stereocenters. The second-order valence-corrected chi connectivity index (χ2v) is 10.7. The van der Waals surface area contributed by atoms with Crippen molar-refractivity contribution in [3.8, 4) is 11.3 Å². The Morgan fingerprint density at radius 2 is 1.84 bits per heavy atom. The standard InChI is InChI=1S/C28H23Cl3N4O2S/c1-15(2)27(36)33-21-9-7-17(14-20(21)31)35-26(25(34-28(35)38)22-5-3-4-12-32-22)24-11-10-23(37-24)16-6-8-18(29)19(30)13-16/h3-15,25-26H,1-2H3,(H,33,36)(H,34,38)/t25-,26-/m1/s1. The van der Waals surface area contributed by atoms with E-state index >= 15 is 0 Å². The van der Waals surface area contributed by atoms with Gasteiger partial charge in [0.05, 0.1) is 32.5 Å². The first-order valence-electron chi connectivity index (χ1n) is 11.9. The van der Waals surface area contributed by atoms with Crippen LogP contribution in [0.5, 0.6) is 0 Å². The van der Waals surface area contributed by atoms with E-state index < -0.39 is 0 Å². The van der Waals surface area contributed by atoms with Crippen LogP contribution in [-0.4, -0.2) is 16.0 Å². The molecule has 0 bridgehead atoms. The normalized spacial score (nSPS) is 17.1. The number of nitrogens with zero attached hydrogens (tertiary/aromatic N) is 2. The predicted octanol–water partition coefficient (Wildman–Crippen LogP) is 8.07. The highest BCUT2D eigenvalue weighted by atomic mass is 35.5. The van der Waals surface area contributed by atoms with Crippen LogP contribution >= 0.6 is 47.0 Å². The Bertz CT molecular complexity index is 1510. The third kappa shape index (κ3) is 5.24. The first kappa shape index (κ1) is 26.5. The third-order valence-corrected chi connectivity index (χ3v) is 7.60. The number of thiocarbonyl (C=S) groups is 1. The van der Waals surface area contributed by atoms with Crippen LogP contribution in [0, 0.1) is 5.92 Å². The van der Waals surface area contributed by atoms with Gasteiger partial charge < -0.3 is 20.0 Å². The molecule has 5 rings (SSSR count). The van der Waals surface area contributed by atoms with Gasteiger partial charge in [0.15, 0.2) is 5.11 Å². The van der Waals surface area contributed by atoms with Crippen LogP contribution in [0.2, 0.25) is 15.1 Å². The molecule has 194 valence electrons. The number of hydrogen-bond donors (Lipinski definition) is 2. The molecule has 0 radical (unpaired) electrons. The van der Waals surface area contributed by atoms with Crippen molar-refractivity contribution in [3.63, 3.8) is 0 Å². The Labute approximate surface area is 240 Å². The number of nitrogens with one attached hydrogen (secondary N) is 2. The second-order valence-electron chi connectivity index (χ2n) is 9.14. The minimum Gasteiger partial charge on any atom is -0.459 e. The van der Waals surface area contributed by atoms with Gasteiger partial charge >= 0.3 is 0 Å². The Morgan fingerprint density at radius 1 is 1.03 bits per heavy atom. The van der Waals surface area contributed by atoms with Crippen molar-refractivity contribution in [1.82, 2.24) is 10.3 Å². The summed E-state index contributed by atoms with van der Waals surface area (Å²) < 4.78 is 6.37. The summed E-state index contributed by atoms with van der Waals surface area (Å²) in [5, 5.41) is 8.06. The molecule has 2 aromatic carbocycles. The molecule has 4 aromatic rings. The van der Waals surface area contributed by atoms with Gasteiger partial charge in [0.25, 0.3) is 0 Å². The maximum Gasteiger partial charge on any atom is 0.226 e. The van der Waals surface area contributed by atoms with Crippen LogP contribution < -0.4 is 15.5 Å². The minimum absolute atomic E-state index is 0.114. The topological polar surface area (TPSA) is 70.4 Å². The number of pyridine rings is 1. The van der Waals surface area contributed by atoms with Gasteiger partial charge in [-0.2, -0.15) is 0 Å². The SMILES string of the molecule is CC(C)C(=O)Nc1ccc(N2C(=S)N[C@H](c3ccccn3)[C@H]2c2ccc(-c3ccc(Cl)c(Cl)c3)o2)cc1Cl. The lowest BCUT2D eigenvalue weighted by atomic mass is 10.0. The van der Waals surface area contributed by atoms with E-state index in [9.17, 15) is 4.79 Å². The van der Waals surface area contributed by atoms with E-state index in [-0.39, 0.29) is 23.9 Å². The van der Waals surface area contributed by atoms with E-state index in [2.05, 4.69) is 15.6 Å². The Balaban J connectivity index is 1.55. The highest BCUT2D eigenvalue weighted by Gasteiger charge is 2.42. The fourth-order valence-corrected chi connectivity index (χ4v) is 5.14. The van der Waals surface area contributed by atoms with Gasteiger partial charge in [-0.05, 0) is 72.9 Å². The van der Waals surface area contributed by atoms with Crippen LogP contribution in [0.25, 0.3) is 11.3 Å². The van der Waals surface area contributed by atoms with Crippen molar-refractivity contribution in [2.24, 2.45) is 5.92 Å². The van der Waals surface area contributed by atoms with E-state index in [4.69, 9.17) is 51.4 Å². The Hall–Kier alpha value is -3.10. The molecule has 10 heteroatoms. The monoisotopic (exact) mass is 584 g/mol. The molecule has 3 heterocycles. The maximum absolute atomic E-state index is 12.2. The number of amides is 1. The lowest BCUT2D eigenvalue weighted by Gasteiger charge is -2.26. The molecule has 1 fully saturated rings. The van der Waals surface area contributed by atoms with Crippen LogP contribution in [0.3, 0.4) is 0 Å². The summed E-state index contributed by atoms with van der Waals surface area (Å²) in [5.41, 5.74) is 2.88. The minimum atomic E-state index is -0.374. The molecule has 6 nitrogen and oxygen atoms in total. The highest BCUT2D eigenvalue weighted by Crippen LogP contribution is 2.44. The van der Waals surface area contributed by atoms with Gasteiger partial charge in [0, 0.05) is 23.4 Å². The van der Waals surface area contributed by atoms with Crippen molar-refractivity contribution in [2.75, 3.05) is 10.2 Å². The van der Waals surface area contributed by atoms with Crippen molar-refractivity contribution in [3.05, 3.63) is 99.4 Å². The molecule has 2 aromatic heterocycles. The summed E-state index contributed by atoms with van der Waals surface area (Å²) >= 11 is 24.7. The summed E-state index contributed by atoms with van der Waals surface area (Å²) in [4.78, 5) is 18.7. The van der Waals surface area contributed by atoms with Crippen LogP contribution in [0.1, 0.15) is 37.4 Å². The third-order valence-electron chi connectivity index (χ3n) is 6.23. The van der Waals surface area contributed by atoms with Gasteiger partial charge in [0.2, 0.25) is 5.91 Å². The molecule has 0 saturated carbocycles. The van der Waals surface area contributed by atoms with Gasteiger partial charge in [-0.1, -0.05) is 54.7 Å². The molecule has 1 saturated heterocycles. The zero-order valence-electron chi connectivity index (χ0n) is 20.4. The molecular weight excluding hydrogens is 563 g/mol. The Kier molecular flexibility index (Phi) is 7.63. The lowest BCUT2D eigenvalue weighted by molar-refractivity contribution is -0.118. The van der Waals surface area contributed by atoms with Crippen molar-refractivity contribution < 1.29 is 9.21 Å². The molecule has 38 heavy (non-hydrogen) atoms. The summed E-state index contributed by atoms with van der Waals surface area (Å²) in [6.45, 7) is 3.65. The molecular formula is C28H23Cl3N4O2S. The number of aromatic nitrogens is 1. The van der Waals surface area contributed by atoms with Gasteiger partial charge in [0.1, 0.15) is 17.6 Å². The van der Waals surface area contributed by atoms with E-state index in [1.165, 1.54) is 0 Å². The number of halogens is 3. The lowest BCUT2D eigenvalue weighted by Crippen LogP contribution is -2.29. The van der Waals surface area contributed by atoms with E-state index in [1.807, 2.05) is 61.2 Å². The summed E-state index contributed by atoms with van der Waals surface area (Å²) in [5.74, 6) is 1.02. The molecule has 0 aliphatic carbocycles. The van der Waals surface area contributed by atoms with E-state index in [0.29, 0.717) is 37.4 Å². The second kappa shape index (κ2) is 10.9. The molecule has 1 aliphatic rings. The predicted molar refractivity (Wildman–Crippen MR) is 157 cm³/mol. The number of hydrogen-bond acceptors (Lipinski definition) is 4. The molecule has 2 N–H and O–H groups in total. The van der Waals surface area contributed by atoms with E-state index in [1.54, 1.807) is 30.5 Å². The summed E-state index contributed by atoms with van der Waals surface area (Å²) in [6.07, 6.45) is 1.74. The maximum atomic E-state index is 12.2. The number of benzene rings is 2. The van der Waals surface area contributed by atoms with Crippen molar-refractivity contribution >= 4 is 69.4 Å². The summed E-state index contributed by atoms with van der Waals surface area (Å²) in [6, 6.07) is 19.6. The van der Waals surface area contributed by atoms with E-state index in [0.717, 1.165) is 16.9 Å². The number of carbonyl (C=O) groups is 1. The van der Waals surface area contributed by atoms with Crippen LogP contribution in [0.4, 0.5) is 11.4 Å². The van der Waals surface area contributed by atoms with Gasteiger partial charge in [-0.15, -0.1) is 0 Å². The van der Waals surface area contributed by atoms with Crippen molar-refractivity contribution in [2.45, 2.75) is 25.9 Å². The molecule has 1 aliphatic heterocycles. The number of carbonyl (C=O) groups excluding carboxylic acids is 1. The first-order chi connectivity index (χ1) is 18.2. The van der Waals surface area contributed by atoms with Gasteiger partial charge in [-0.3, -0.25) is 9.78 Å². The fraction of sp³-hybridized carbons (Fsp3) is 0.179. The van der Waals surface area contributed by atoms with Gasteiger partial charge in [-0.25, -0.2) is 0 Å². The first-order valence-corrected chi connectivity index (χ1v) is 13.4. The fourth-order valence-electron chi connectivity index (χ4n) is 4.27. The molecule has 0 unspecified atom stereocenters. The molecule has 0 spiro atoms. The average Bonchev–Trinajstić information content (AvgIpc) is 3.52. The molecule has 1 amide bonds. The quantitative estimate of drug-likeness (QED) is 0.223. The number of furan rings is 1. The number of rotatable bonds is 6. The van der Waals surface area contributed by atoms with Crippen molar-refractivity contribution in [1.29, 1.82) is 0 Å². The number of anilines is 2. The summed E-state index contributed by atoms with van der Waals surface area (Å²) in [7, 11) is 0. The average molecular weight is 586 g/mol.